The number of anilines is 1. The van der Waals surface area contributed by atoms with E-state index in [1.165, 1.54) is 17.5 Å². The number of hydrogen-bond acceptors (Lipinski definition) is 6. The smallest absolute Gasteiger partial charge is 0.339 e. The second-order valence-corrected chi connectivity index (χ2v) is 11.0. The minimum Gasteiger partial charge on any atom is -0.465 e. The lowest BCUT2D eigenvalue weighted by molar-refractivity contribution is -0.121. The fourth-order valence-corrected chi connectivity index (χ4v) is 6.63. The van der Waals surface area contributed by atoms with Gasteiger partial charge in [0.15, 0.2) is 0 Å². The maximum absolute atomic E-state index is 12.8. The highest BCUT2D eigenvalue weighted by Gasteiger charge is 2.34. The number of esters is 1. The Hall–Kier alpha value is -1.94. The summed E-state index contributed by atoms with van der Waals surface area (Å²) in [5.41, 5.74) is 0.687. The average Bonchev–Trinajstić information content (AvgIpc) is 3.20. The Labute approximate surface area is 185 Å². The van der Waals surface area contributed by atoms with Gasteiger partial charge in [-0.3, -0.25) is 4.79 Å². The van der Waals surface area contributed by atoms with E-state index in [4.69, 9.17) is 16.3 Å². The molecular weight excluding hydrogens is 448 g/mol. The number of piperidine rings is 1. The molecule has 1 saturated heterocycles. The first kappa shape index (κ1) is 22.7. The number of ether oxygens (including phenoxy) is 1. The number of nitrogens with zero attached hydrogens (tertiary/aromatic N) is 1. The second-order valence-electron chi connectivity index (χ2n) is 7.12. The maximum atomic E-state index is 12.8. The molecule has 1 aliphatic rings. The van der Waals surface area contributed by atoms with Crippen LogP contribution in [0, 0.1) is 11.8 Å². The minimum atomic E-state index is -3.56. The molecule has 1 atom stereocenters. The van der Waals surface area contributed by atoms with Crippen LogP contribution in [0.5, 0.6) is 0 Å². The van der Waals surface area contributed by atoms with Crippen LogP contribution in [0.1, 0.15) is 30.1 Å². The van der Waals surface area contributed by atoms with Crippen molar-refractivity contribution in [2.24, 2.45) is 11.8 Å². The Morgan fingerprint density at radius 3 is 2.47 bits per heavy atom. The lowest BCUT2D eigenvalue weighted by atomic mass is 9.85. The van der Waals surface area contributed by atoms with Crippen LogP contribution in [-0.2, 0) is 19.6 Å². The van der Waals surface area contributed by atoms with Crippen LogP contribution in [0.4, 0.5) is 5.69 Å². The van der Waals surface area contributed by atoms with Gasteiger partial charge in [0.1, 0.15) is 4.21 Å². The predicted molar refractivity (Wildman–Crippen MR) is 116 cm³/mol. The molecule has 0 saturated carbocycles. The maximum Gasteiger partial charge on any atom is 0.339 e. The molecule has 1 N–H and O–H groups in total. The molecule has 0 bridgehead atoms. The minimum absolute atomic E-state index is 0.0358. The molecule has 3 rings (SSSR count). The van der Waals surface area contributed by atoms with E-state index >= 15 is 0 Å². The lowest BCUT2D eigenvalue weighted by Gasteiger charge is -2.33. The number of nitrogens with one attached hydrogen (secondary N) is 1. The van der Waals surface area contributed by atoms with E-state index in [0.717, 1.165) is 11.3 Å². The quantitative estimate of drug-likeness (QED) is 0.647. The number of sulfonamides is 1. The van der Waals surface area contributed by atoms with Gasteiger partial charge in [0.05, 0.1) is 22.7 Å². The molecule has 30 heavy (non-hydrogen) atoms. The Morgan fingerprint density at radius 2 is 1.87 bits per heavy atom. The fourth-order valence-electron chi connectivity index (χ4n) is 3.52. The van der Waals surface area contributed by atoms with Crippen molar-refractivity contribution in [2.45, 2.75) is 24.0 Å². The summed E-state index contributed by atoms with van der Waals surface area (Å²) in [6, 6.07) is 9.76. The average molecular weight is 471 g/mol. The van der Waals surface area contributed by atoms with Crippen molar-refractivity contribution < 1.29 is 22.7 Å². The third-order valence-electron chi connectivity index (χ3n) is 5.35. The van der Waals surface area contributed by atoms with Crippen molar-refractivity contribution in [3.05, 3.63) is 46.3 Å². The summed E-state index contributed by atoms with van der Waals surface area (Å²) in [7, 11) is -2.27. The number of methoxy groups -OCH3 is 1. The number of benzene rings is 1. The summed E-state index contributed by atoms with van der Waals surface area (Å²) in [4.78, 5) is 24.7. The van der Waals surface area contributed by atoms with Gasteiger partial charge in [-0.2, -0.15) is 4.31 Å². The third kappa shape index (κ3) is 4.85. The lowest BCUT2D eigenvalue weighted by Crippen LogP contribution is -2.41. The Kier molecular flexibility index (Phi) is 7.18. The van der Waals surface area contributed by atoms with E-state index in [0.29, 0.717) is 36.0 Å². The molecule has 7 nitrogen and oxygen atoms in total. The number of carbonyl (C=O) groups is 2. The van der Waals surface area contributed by atoms with E-state index in [1.54, 1.807) is 30.3 Å². The molecule has 0 aliphatic carbocycles. The topological polar surface area (TPSA) is 92.8 Å². The van der Waals surface area contributed by atoms with E-state index in [-0.39, 0.29) is 27.5 Å². The van der Waals surface area contributed by atoms with Crippen LogP contribution < -0.4 is 5.32 Å². The van der Waals surface area contributed by atoms with E-state index < -0.39 is 16.0 Å². The number of amides is 1. The summed E-state index contributed by atoms with van der Waals surface area (Å²) >= 11 is 6.91. The van der Waals surface area contributed by atoms with Crippen LogP contribution in [0.25, 0.3) is 0 Å². The van der Waals surface area contributed by atoms with Gasteiger partial charge in [0.2, 0.25) is 5.91 Å². The van der Waals surface area contributed by atoms with E-state index in [2.05, 4.69) is 5.32 Å². The number of rotatable bonds is 6. The molecule has 162 valence electrons. The summed E-state index contributed by atoms with van der Waals surface area (Å²) in [6.45, 7) is 2.52. The second kappa shape index (κ2) is 9.47. The Bertz CT molecular complexity index is 1030. The zero-order chi connectivity index (χ0) is 21.9. The molecule has 0 spiro atoms. The molecule has 2 heterocycles. The van der Waals surface area contributed by atoms with Gasteiger partial charge in [0.25, 0.3) is 10.0 Å². The third-order valence-corrected chi connectivity index (χ3v) is 8.95. The molecule has 10 heteroatoms. The highest BCUT2D eigenvalue weighted by Crippen LogP contribution is 2.32. The number of halogens is 1. The first-order chi connectivity index (χ1) is 14.2. The molecule has 0 radical (unpaired) electrons. The largest absolute Gasteiger partial charge is 0.465 e. The van der Waals surface area contributed by atoms with Crippen molar-refractivity contribution in [3.63, 3.8) is 0 Å². The van der Waals surface area contributed by atoms with Crippen LogP contribution in [0.15, 0.2) is 40.6 Å². The number of hydrogen-bond donors (Lipinski definition) is 1. The SMILES string of the molecule is COC(=O)c1ccccc1NC(=O)C(C)C1CCN(S(=O)(=O)c2ccc(Cl)s2)CC1. The van der Waals surface area contributed by atoms with E-state index in [1.807, 2.05) is 6.92 Å². The van der Waals surface area contributed by atoms with Gasteiger partial charge in [-0.05, 0) is 43.0 Å². The first-order valence-corrected chi connectivity index (χ1v) is 12.1. The Morgan fingerprint density at radius 1 is 1.20 bits per heavy atom. The highest BCUT2D eigenvalue weighted by molar-refractivity contribution is 7.91. The normalized spacial score (nSPS) is 16.8. The molecule has 1 aromatic carbocycles. The molecule has 1 unspecified atom stereocenters. The van der Waals surface area contributed by atoms with Crippen molar-refractivity contribution in [1.82, 2.24) is 4.31 Å². The van der Waals surface area contributed by atoms with Gasteiger partial charge in [-0.15, -0.1) is 11.3 Å². The molecule has 2 aromatic rings. The van der Waals surface area contributed by atoms with Gasteiger partial charge < -0.3 is 10.1 Å². The number of thiophene rings is 1. The first-order valence-electron chi connectivity index (χ1n) is 9.47. The number of carbonyl (C=O) groups excluding carboxylic acids is 2. The van der Waals surface area contributed by atoms with Crippen molar-refractivity contribution in [2.75, 3.05) is 25.5 Å². The van der Waals surface area contributed by atoms with E-state index in [9.17, 15) is 18.0 Å². The van der Waals surface area contributed by atoms with Crippen molar-refractivity contribution in [1.29, 1.82) is 0 Å². The van der Waals surface area contributed by atoms with Crippen molar-refractivity contribution in [3.8, 4) is 0 Å². The fraction of sp³-hybridized carbons (Fsp3) is 0.400. The van der Waals surface area contributed by atoms with Gasteiger partial charge >= 0.3 is 5.97 Å². The van der Waals surface area contributed by atoms with Gasteiger partial charge in [-0.25, -0.2) is 13.2 Å². The summed E-state index contributed by atoms with van der Waals surface area (Å²) in [6.07, 6.45) is 1.15. The number of para-hydroxylation sites is 1. The van der Waals surface area contributed by atoms with Crippen LogP contribution in [0.2, 0.25) is 4.34 Å². The molecule has 1 aromatic heterocycles. The summed E-state index contributed by atoms with van der Waals surface area (Å²) < 4.78 is 32.3. The zero-order valence-electron chi connectivity index (χ0n) is 16.6. The van der Waals surface area contributed by atoms with Crippen LogP contribution in [-0.4, -0.2) is 44.8 Å². The molecule has 1 fully saturated rings. The molecular formula is C20H23ClN2O5S2. The van der Waals surface area contributed by atoms with Gasteiger partial charge in [-0.1, -0.05) is 30.7 Å². The van der Waals surface area contributed by atoms with Crippen LogP contribution >= 0.6 is 22.9 Å². The van der Waals surface area contributed by atoms with Crippen LogP contribution in [0.3, 0.4) is 0 Å². The summed E-state index contributed by atoms with van der Waals surface area (Å²) in [5, 5.41) is 2.81. The molecule has 1 aliphatic heterocycles. The molecule has 1 amide bonds. The standard InChI is InChI=1S/C20H23ClN2O5S2/c1-13(19(24)22-16-6-4-3-5-15(16)20(25)28-2)14-9-11-23(12-10-14)30(26,27)18-8-7-17(21)29-18/h3-8,13-14H,9-12H2,1-2H3,(H,22,24). The predicted octanol–water partition coefficient (Wildman–Crippen LogP) is 3.86. The highest BCUT2D eigenvalue weighted by atomic mass is 35.5. The van der Waals surface area contributed by atoms with Crippen molar-refractivity contribution >= 4 is 50.5 Å². The summed E-state index contributed by atoms with van der Waals surface area (Å²) in [5.74, 6) is -1.03. The monoisotopic (exact) mass is 470 g/mol. The Balaban J connectivity index is 1.62. The van der Waals surface area contributed by atoms with Gasteiger partial charge in [0, 0.05) is 19.0 Å². The zero-order valence-corrected chi connectivity index (χ0v) is 19.0.